The van der Waals surface area contributed by atoms with E-state index < -0.39 is 10.0 Å². The SMILES string of the molecule is COc1ccc(S(=O)(=O)n2ccc3ccc(N4CCNCC4)cc32)cc1.O=CO. The topological polar surface area (TPSA) is 101 Å². The molecule has 0 bridgehead atoms. The Labute approximate surface area is 169 Å². The summed E-state index contributed by atoms with van der Waals surface area (Å²) in [6.45, 7) is 3.45. The van der Waals surface area contributed by atoms with Crippen molar-refractivity contribution in [2.45, 2.75) is 4.90 Å². The number of carboxylic acid groups (broad SMARTS) is 1. The van der Waals surface area contributed by atoms with E-state index in [1.807, 2.05) is 18.2 Å². The van der Waals surface area contributed by atoms with E-state index in [0.717, 1.165) is 37.3 Å². The average Bonchev–Trinajstić information content (AvgIpc) is 3.19. The van der Waals surface area contributed by atoms with Gasteiger partial charge in [-0.1, -0.05) is 6.07 Å². The van der Waals surface area contributed by atoms with Crippen LogP contribution in [-0.4, -0.2) is 57.3 Å². The maximum absolute atomic E-state index is 13.1. The number of hydrogen-bond acceptors (Lipinski definition) is 6. The third-order valence-corrected chi connectivity index (χ3v) is 6.44. The molecule has 8 nitrogen and oxygen atoms in total. The van der Waals surface area contributed by atoms with Crippen LogP contribution in [0.4, 0.5) is 5.69 Å². The Morgan fingerprint density at radius 3 is 2.34 bits per heavy atom. The number of benzene rings is 2. The number of carbonyl (C=O) groups is 1. The van der Waals surface area contributed by atoms with Gasteiger partial charge in [-0.25, -0.2) is 12.4 Å². The third-order valence-electron chi connectivity index (χ3n) is 4.74. The second kappa shape index (κ2) is 8.97. The summed E-state index contributed by atoms with van der Waals surface area (Å²) in [5, 5.41) is 11.1. The Morgan fingerprint density at radius 1 is 1.07 bits per heavy atom. The summed E-state index contributed by atoms with van der Waals surface area (Å²) >= 11 is 0. The average molecular weight is 417 g/mol. The highest BCUT2D eigenvalue weighted by Crippen LogP contribution is 2.27. The molecule has 29 heavy (non-hydrogen) atoms. The predicted octanol–water partition coefficient (Wildman–Crippen LogP) is 2.00. The fourth-order valence-corrected chi connectivity index (χ4v) is 4.63. The number of rotatable bonds is 4. The molecule has 1 aliphatic heterocycles. The number of piperazine rings is 1. The Balaban J connectivity index is 0.000000755. The van der Waals surface area contributed by atoms with Crippen LogP contribution >= 0.6 is 0 Å². The fraction of sp³-hybridized carbons (Fsp3) is 0.250. The van der Waals surface area contributed by atoms with Crippen molar-refractivity contribution in [3.63, 3.8) is 0 Å². The summed E-state index contributed by atoms with van der Waals surface area (Å²) in [7, 11) is -2.11. The summed E-state index contributed by atoms with van der Waals surface area (Å²) in [6, 6.07) is 14.3. The van der Waals surface area contributed by atoms with E-state index in [4.69, 9.17) is 14.6 Å². The van der Waals surface area contributed by atoms with Crippen molar-refractivity contribution >= 4 is 33.1 Å². The predicted molar refractivity (Wildman–Crippen MR) is 111 cm³/mol. The Hall–Kier alpha value is -3.04. The lowest BCUT2D eigenvalue weighted by Gasteiger charge is -2.29. The molecule has 1 aliphatic rings. The van der Waals surface area contributed by atoms with Crippen molar-refractivity contribution in [3.05, 3.63) is 54.7 Å². The molecule has 0 unspecified atom stereocenters. The molecule has 2 aromatic carbocycles. The lowest BCUT2D eigenvalue weighted by molar-refractivity contribution is -0.122. The van der Waals surface area contributed by atoms with Crippen LogP contribution in [0.2, 0.25) is 0 Å². The van der Waals surface area contributed by atoms with Gasteiger partial charge in [-0.05, 0) is 42.5 Å². The van der Waals surface area contributed by atoms with Gasteiger partial charge in [0.1, 0.15) is 5.75 Å². The van der Waals surface area contributed by atoms with E-state index in [9.17, 15) is 8.42 Å². The number of fused-ring (bicyclic) bond motifs is 1. The normalized spacial score (nSPS) is 14.2. The zero-order valence-electron chi connectivity index (χ0n) is 16.0. The number of methoxy groups -OCH3 is 1. The van der Waals surface area contributed by atoms with Crippen molar-refractivity contribution in [2.75, 3.05) is 38.2 Å². The number of anilines is 1. The Kier molecular flexibility index (Phi) is 6.40. The van der Waals surface area contributed by atoms with Gasteiger partial charge in [-0.2, -0.15) is 0 Å². The first-order chi connectivity index (χ1) is 14.0. The van der Waals surface area contributed by atoms with Crippen LogP contribution in [0.25, 0.3) is 10.9 Å². The van der Waals surface area contributed by atoms with Crippen molar-refractivity contribution in [2.24, 2.45) is 0 Å². The number of nitrogens with one attached hydrogen (secondary N) is 1. The van der Waals surface area contributed by atoms with Gasteiger partial charge in [-0.3, -0.25) is 4.79 Å². The molecule has 0 spiro atoms. The summed E-state index contributed by atoms with van der Waals surface area (Å²) in [5.41, 5.74) is 1.74. The minimum Gasteiger partial charge on any atom is -0.497 e. The highest BCUT2D eigenvalue weighted by Gasteiger charge is 2.20. The van der Waals surface area contributed by atoms with Gasteiger partial charge in [0.25, 0.3) is 16.5 Å². The van der Waals surface area contributed by atoms with Crippen molar-refractivity contribution in [3.8, 4) is 5.75 Å². The fourth-order valence-electron chi connectivity index (χ4n) is 3.28. The Bertz CT molecular complexity index is 1070. The first-order valence-electron chi connectivity index (χ1n) is 9.05. The summed E-state index contributed by atoms with van der Waals surface area (Å²) < 4.78 is 32.7. The van der Waals surface area contributed by atoms with E-state index in [2.05, 4.69) is 16.3 Å². The van der Waals surface area contributed by atoms with Crippen LogP contribution in [0, 0.1) is 0 Å². The van der Waals surface area contributed by atoms with Crippen molar-refractivity contribution < 1.29 is 23.1 Å². The molecule has 0 aliphatic carbocycles. The van der Waals surface area contributed by atoms with Gasteiger partial charge in [-0.15, -0.1) is 0 Å². The number of aromatic nitrogens is 1. The lowest BCUT2D eigenvalue weighted by atomic mass is 10.2. The van der Waals surface area contributed by atoms with Crippen molar-refractivity contribution in [1.29, 1.82) is 0 Å². The van der Waals surface area contributed by atoms with Crippen LogP contribution in [0.3, 0.4) is 0 Å². The molecule has 0 atom stereocenters. The standard InChI is InChI=1S/C19H21N3O3S.CH2O2/c1-25-17-4-6-18(7-5-17)26(23,24)22-11-8-15-2-3-16(14-19(15)22)21-12-9-20-10-13-21;2-1-3/h2-8,11,14,20H,9-10,12-13H2,1H3;1H,(H,2,3). The molecule has 0 amide bonds. The molecule has 1 aromatic heterocycles. The molecule has 0 saturated carbocycles. The van der Waals surface area contributed by atoms with Crippen LogP contribution in [0.15, 0.2) is 59.6 Å². The zero-order valence-corrected chi connectivity index (χ0v) is 16.8. The van der Waals surface area contributed by atoms with Gasteiger partial charge in [0.05, 0.1) is 17.5 Å². The largest absolute Gasteiger partial charge is 0.497 e. The second-order valence-electron chi connectivity index (χ2n) is 6.38. The van der Waals surface area contributed by atoms with E-state index >= 15 is 0 Å². The molecule has 3 aromatic rings. The molecule has 2 heterocycles. The van der Waals surface area contributed by atoms with Crippen LogP contribution in [0.5, 0.6) is 5.75 Å². The van der Waals surface area contributed by atoms with E-state index in [-0.39, 0.29) is 11.4 Å². The smallest absolute Gasteiger partial charge is 0.290 e. The minimum absolute atomic E-state index is 0.239. The maximum atomic E-state index is 13.1. The molecular weight excluding hydrogens is 394 g/mol. The molecule has 1 fully saturated rings. The highest BCUT2D eigenvalue weighted by atomic mass is 32.2. The van der Waals surface area contributed by atoms with Crippen LogP contribution in [-0.2, 0) is 14.8 Å². The third kappa shape index (κ3) is 4.36. The molecule has 2 N–H and O–H groups in total. The summed E-state index contributed by atoms with van der Waals surface area (Å²) in [4.78, 5) is 10.9. The minimum atomic E-state index is -3.66. The molecule has 0 radical (unpaired) electrons. The molecule has 1 saturated heterocycles. The Morgan fingerprint density at radius 2 is 1.72 bits per heavy atom. The number of nitrogens with zero attached hydrogens (tertiary/aromatic N) is 2. The van der Waals surface area contributed by atoms with E-state index in [0.29, 0.717) is 11.3 Å². The molecule has 9 heteroatoms. The highest BCUT2D eigenvalue weighted by molar-refractivity contribution is 7.90. The van der Waals surface area contributed by atoms with Gasteiger partial charge in [0.15, 0.2) is 0 Å². The van der Waals surface area contributed by atoms with E-state index in [1.54, 1.807) is 37.6 Å². The number of hydrogen-bond donors (Lipinski definition) is 2. The second-order valence-corrected chi connectivity index (χ2v) is 8.19. The van der Waals surface area contributed by atoms with Gasteiger partial charge in [0.2, 0.25) is 0 Å². The first kappa shape index (κ1) is 20.7. The summed E-state index contributed by atoms with van der Waals surface area (Å²) in [6.07, 6.45) is 1.62. The monoisotopic (exact) mass is 417 g/mol. The van der Waals surface area contributed by atoms with Gasteiger partial charge >= 0.3 is 0 Å². The lowest BCUT2D eigenvalue weighted by Crippen LogP contribution is -2.43. The number of ether oxygens (including phenoxy) is 1. The van der Waals surface area contributed by atoms with Crippen LogP contribution < -0.4 is 15.0 Å². The van der Waals surface area contributed by atoms with Crippen molar-refractivity contribution in [1.82, 2.24) is 9.29 Å². The summed E-state index contributed by atoms with van der Waals surface area (Å²) in [5.74, 6) is 0.627. The van der Waals surface area contributed by atoms with E-state index in [1.165, 1.54) is 3.97 Å². The van der Waals surface area contributed by atoms with Crippen LogP contribution in [0.1, 0.15) is 0 Å². The molecule has 4 rings (SSSR count). The maximum Gasteiger partial charge on any atom is 0.290 e. The first-order valence-corrected chi connectivity index (χ1v) is 10.5. The molecule has 154 valence electrons. The van der Waals surface area contributed by atoms with Gasteiger partial charge < -0.3 is 20.1 Å². The van der Waals surface area contributed by atoms with Gasteiger partial charge in [0, 0.05) is 43.4 Å². The molecular formula is C20H23N3O5S. The zero-order chi connectivity index (χ0) is 20.9. The quantitative estimate of drug-likeness (QED) is 0.626.